The molecule has 4 bridgehead atoms. The van der Waals surface area contributed by atoms with Crippen molar-refractivity contribution < 1.29 is 49.8 Å². The first-order valence-corrected chi connectivity index (χ1v) is 22.5. The summed E-state index contributed by atoms with van der Waals surface area (Å²) in [5.41, 5.74) is 8.58. The van der Waals surface area contributed by atoms with Crippen LogP contribution in [0.25, 0.3) is 22.3 Å². The quantitative estimate of drug-likeness (QED) is 0.0788. The average Bonchev–Trinajstić information content (AvgIpc) is 3.29. The zero-order valence-corrected chi connectivity index (χ0v) is 37.1. The van der Waals surface area contributed by atoms with E-state index >= 15 is 0 Å². The fourth-order valence-electron chi connectivity index (χ4n) is 8.69. The Morgan fingerprint density at radius 1 is 0.815 bits per heavy atom. The molecule has 0 aromatic heterocycles. The number of hydrogen-bond donors (Lipinski definition) is 8. The fourth-order valence-corrected chi connectivity index (χ4v) is 8.69. The van der Waals surface area contributed by atoms with Gasteiger partial charge < -0.3 is 47.2 Å². The molecule has 1 fully saturated rings. The molecule has 4 atom stereocenters. The molecule has 0 unspecified atom stereocenters. The minimum atomic E-state index is -1.43. The number of carboxylic acid groups (broad SMARTS) is 1. The molecule has 0 radical (unpaired) electrons. The normalized spacial score (nSPS) is 18.3. The van der Waals surface area contributed by atoms with Gasteiger partial charge in [-0.15, -0.1) is 0 Å². The van der Waals surface area contributed by atoms with Crippen LogP contribution in [0.1, 0.15) is 97.8 Å². The predicted octanol–water partition coefficient (Wildman–Crippen LogP) is 4.40. The molecular formula is C50H61N6O9+. The number of amides is 5. The van der Waals surface area contributed by atoms with Gasteiger partial charge in [0.15, 0.2) is 0 Å². The molecule has 4 aromatic rings. The molecule has 4 aromatic carbocycles. The lowest BCUT2D eigenvalue weighted by molar-refractivity contribution is -0.368. The number of phenols is 2. The van der Waals surface area contributed by atoms with E-state index in [1.54, 1.807) is 12.1 Å². The number of benzene rings is 4. The molecule has 1 heterocycles. The molecule has 2 aliphatic rings. The molecule has 65 heavy (non-hydrogen) atoms. The summed E-state index contributed by atoms with van der Waals surface area (Å²) in [7, 11) is 1.38. The van der Waals surface area contributed by atoms with Crippen LogP contribution in [0.3, 0.4) is 0 Å². The van der Waals surface area contributed by atoms with E-state index in [4.69, 9.17) is 0 Å². The van der Waals surface area contributed by atoms with Crippen LogP contribution in [0.5, 0.6) is 11.5 Å². The van der Waals surface area contributed by atoms with E-state index in [-0.39, 0.29) is 59.9 Å². The van der Waals surface area contributed by atoms with Crippen molar-refractivity contribution in [2.75, 3.05) is 20.1 Å². The van der Waals surface area contributed by atoms with E-state index in [2.05, 4.69) is 51.3 Å². The van der Waals surface area contributed by atoms with E-state index in [9.17, 15) is 44.1 Å². The van der Waals surface area contributed by atoms with Gasteiger partial charge in [0.2, 0.25) is 23.6 Å². The van der Waals surface area contributed by atoms with Gasteiger partial charge in [0.05, 0.1) is 6.54 Å². The maximum Gasteiger partial charge on any atom is 0.326 e. The second kappa shape index (κ2) is 22.2. The van der Waals surface area contributed by atoms with E-state index in [1.165, 1.54) is 88.0 Å². The van der Waals surface area contributed by atoms with Gasteiger partial charge in [-0.1, -0.05) is 80.6 Å². The number of quaternary nitrogens is 1. The Morgan fingerprint density at radius 2 is 1.46 bits per heavy atom. The number of rotatable bonds is 15. The Hall–Kier alpha value is -6.74. The van der Waals surface area contributed by atoms with Crippen LogP contribution in [-0.4, -0.2) is 94.0 Å². The van der Waals surface area contributed by atoms with Crippen molar-refractivity contribution in [1.82, 2.24) is 26.2 Å². The van der Waals surface area contributed by atoms with Crippen molar-refractivity contribution in [3.8, 4) is 33.8 Å². The molecule has 15 heteroatoms. The van der Waals surface area contributed by atoms with Gasteiger partial charge in [0.25, 0.3) is 5.91 Å². The Morgan fingerprint density at radius 3 is 2.12 bits per heavy atom. The molecule has 1 aliphatic heterocycles. The number of nitrogens with one attached hydrogen (secondary N) is 4. The molecule has 344 valence electrons. The monoisotopic (exact) mass is 889 g/mol. The number of aromatic hydroxyl groups is 2. The highest BCUT2D eigenvalue weighted by atomic mass is 16.4. The molecule has 0 saturated heterocycles. The van der Waals surface area contributed by atoms with Gasteiger partial charge in [0, 0.05) is 43.1 Å². The Kier molecular flexibility index (Phi) is 16.3. The summed E-state index contributed by atoms with van der Waals surface area (Å²) in [6, 6.07) is 19.2. The van der Waals surface area contributed by atoms with Crippen molar-refractivity contribution in [1.29, 1.82) is 0 Å². The second-order valence-electron chi connectivity index (χ2n) is 17.3. The maximum absolute atomic E-state index is 14.4. The van der Waals surface area contributed by atoms with Crippen molar-refractivity contribution in [2.24, 2.45) is 5.92 Å². The van der Waals surface area contributed by atoms with Crippen LogP contribution < -0.4 is 27.0 Å². The Balaban J connectivity index is 1.14. The van der Waals surface area contributed by atoms with Crippen LogP contribution in [0.2, 0.25) is 0 Å². The number of fused-ring (bicyclic) bond motifs is 5. The largest absolute Gasteiger partial charge is 0.507 e. The van der Waals surface area contributed by atoms with Gasteiger partial charge >= 0.3 is 5.97 Å². The highest BCUT2D eigenvalue weighted by Crippen LogP contribution is 2.39. The summed E-state index contributed by atoms with van der Waals surface area (Å²) in [5, 5.41) is 42.4. The molecular weight excluding hydrogens is 829 g/mol. The second-order valence-corrected chi connectivity index (χ2v) is 17.3. The predicted molar refractivity (Wildman–Crippen MR) is 244 cm³/mol. The lowest BCUT2D eigenvalue weighted by atomic mass is 9.84. The molecule has 10 N–H and O–H groups in total. The Bertz CT molecular complexity index is 2350. The van der Waals surface area contributed by atoms with Crippen LogP contribution in [0, 0.1) is 5.92 Å². The standard InChI is InChI=1S/C50H60N6O9/c1-30-46(60)55-41(50(64)65)28-33-13-21-42(57)38(27-33)39-29-37(20-22-43(39)58)45(48(62)53-30)56(2)49(63)40(10-6-7-24-51)54-44(59)23-25-52-47(61)36-18-16-35(17-19-36)34-14-11-32(12-15-34)26-31-8-4-3-5-9-31/h11-22,27,29-31,40-41,45,57-58H,3-10,23-26,28,51H2,1-2H3,(H,52,61)(H,53,62)(H,54,59)(H,55,60)(H,64,65)/p+1/t30-,40-,41-,45-/m0/s1. The van der Waals surface area contributed by atoms with E-state index in [0.29, 0.717) is 30.5 Å². The van der Waals surface area contributed by atoms with Crippen molar-refractivity contribution in [3.05, 3.63) is 107 Å². The average molecular weight is 890 g/mol. The van der Waals surface area contributed by atoms with E-state index in [0.717, 1.165) is 28.4 Å². The first-order chi connectivity index (χ1) is 31.2. The first-order valence-electron chi connectivity index (χ1n) is 22.5. The molecule has 1 saturated carbocycles. The minimum Gasteiger partial charge on any atom is -0.507 e. The number of unbranched alkanes of at least 4 members (excludes halogenated alkanes) is 1. The van der Waals surface area contributed by atoms with Crippen LogP contribution in [0.4, 0.5) is 0 Å². The lowest BCUT2D eigenvalue weighted by Crippen LogP contribution is -2.55. The zero-order valence-electron chi connectivity index (χ0n) is 37.1. The summed E-state index contributed by atoms with van der Waals surface area (Å²) in [4.78, 5) is 81.7. The molecule has 15 nitrogen and oxygen atoms in total. The molecule has 6 rings (SSSR count). The number of hydrogen-bond acceptors (Lipinski definition) is 8. The van der Waals surface area contributed by atoms with Gasteiger partial charge in [-0.25, -0.2) is 4.79 Å². The third kappa shape index (κ3) is 12.5. The Labute approximate surface area is 379 Å². The molecule has 0 spiro atoms. The lowest BCUT2D eigenvalue weighted by Gasteiger charge is -2.32. The summed E-state index contributed by atoms with van der Waals surface area (Å²) in [6.07, 6.45) is 8.75. The number of phenolic OH excluding ortho intramolecular Hbond substituents is 2. The maximum atomic E-state index is 14.4. The van der Waals surface area contributed by atoms with Crippen LogP contribution in [0.15, 0.2) is 84.9 Å². The molecule has 1 aliphatic carbocycles. The first kappa shape index (κ1) is 47.7. The fraction of sp³-hybridized carbons (Fsp3) is 0.400. The number of carboxylic acids is 1. The number of carbonyl (C=O) groups is 6. The van der Waals surface area contributed by atoms with Crippen LogP contribution >= 0.6 is 0 Å². The number of likely N-dealkylation sites (N-methyl/N-ethyl adjacent to an activating group) is 1. The summed E-state index contributed by atoms with van der Waals surface area (Å²) < 4.78 is 0. The molecule has 5 amide bonds. The van der Waals surface area contributed by atoms with Gasteiger partial charge in [-0.2, -0.15) is 0 Å². The van der Waals surface area contributed by atoms with Crippen molar-refractivity contribution in [2.45, 2.75) is 102 Å². The van der Waals surface area contributed by atoms with Gasteiger partial charge in [-0.05, 0) is 103 Å². The summed E-state index contributed by atoms with van der Waals surface area (Å²) >= 11 is 0. The number of nitrogens with zero attached hydrogens (tertiary/aromatic N) is 1. The third-order valence-electron chi connectivity index (χ3n) is 12.4. The topological polar surface area (TPSA) is 242 Å². The van der Waals surface area contributed by atoms with Crippen molar-refractivity contribution in [3.63, 3.8) is 0 Å². The van der Waals surface area contributed by atoms with E-state index < -0.39 is 53.8 Å². The summed E-state index contributed by atoms with van der Waals surface area (Å²) in [5.74, 6) is -4.15. The highest BCUT2D eigenvalue weighted by Gasteiger charge is 2.36. The summed E-state index contributed by atoms with van der Waals surface area (Å²) in [6.45, 7) is 1.95. The SMILES string of the molecule is C[C@@H]1NC(=O)[C@@H](N(C)C(=O)[C@H](CCCC[NH3+])NC(=O)CCNC(=O)c2ccc(-c3ccc(CC4CCCCC4)cc3)cc2)c2ccc(O)c(c2)-c2cc(ccc2O)C[C@@H](C(=O)O)NC1=O. The number of carbonyl (C=O) groups excluding carboxylic acids is 5. The van der Waals surface area contributed by atoms with E-state index in [1.807, 2.05) is 12.1 Å². The van der Waals surface area contributed by atoms with Gasteiger partial charge in [-0.3, -0.25) is 24.0 Å². The number of aliphatic carboxylic acids is 1. The zero-order chi connectivity index (χ0) is 46.6. The smallest absolute Gasteiger partial charge is 0.326 e. The third-order valence-corrected chi connectivity index (χ3v) is 12.4. The highest BCUT2D eigenvalue weighted by molar-refractivity contribution is 5.97. The minimum absolute atomic E-state index is 0.0114. The van der Waals surface area contributed by atoms with Crippen molar-refractivity contribution >= 4 is 35.5 Å². The van der Waals surface area contributed by atoms with Gasteiger partial charge in [0.1, 0.15) is 35.7 Å². The van der Waals surface area contributed by atoms with Crippen LogP contribution in [-0.2, 0) is 36.8 Å².